The molecule has 0 saturated carbocycles. The molecule has 0 amide bonds. The second-order valence-corrected chi connectivity index (χ2v) is 8.64. The summed E-state index contributed by atoms with van der Waals surface area (Å²) < 4.78 is 107. The Hall–Kier alpha value is -3.60. The molecule has 3 nitrogen and oxygen atoms in total. The summed E-state index contributed by atoms with van der Waals surface area (Å²) in [5.74, 6) is -6.67. The smallest absolute Gasteiger partial charge is 0.429 e. The monoisotopic (exact) mass is 527 g/mol. The van der Waals surface area contributed by atoms with Crippen molar-refractivity contribution in [2.24, 2.45) is 0 Å². The molecule has 0 N–H and O–H groups in total. The van der Waals surface area contributed by atoms with Gasteiger partial charge in [-0.2, -0.15) is 17.6 Å². The van der Waals surface area contributed by atoms with Gasteiger partial charge in [-0.25, -0.2) is 18.2 Å². The molecule has 4 rings (SSSR count). The Kier molecular flexibility index (Phi) is 6.94. The molecule has 0 aliphatic rings. The Morgan fingerprint density at radius 2 is 1.47 bits per heavy atom. The molecule has 11 heteroatoms. The molecule has 1 heterocycles. The van der Waals surface area contributed by atoms with Gasteiger partial charge in [-0.05, 0) is 54.8 Å². The highest BCUT2D eigenvalue weighted by Gasteiger charge is 2.40. The van der Waals surface area contributed by atoms with E-state index < -0.39 is 51.7 Å². The summed E-state index contributed by atoms with van der Waals surface area (Å²) in [5, 5.41) is -0.614. The van der Waals surface area contributed by atoms with E-state index in [1.54, 1.807) is 24.3 Å². The van der Waals surface area contributed by atoms with Crippen LogP contribution in [-0.2, 0) is 18.6 Å². The number of thiazole rings is 1. The van der Waals surface area contributed by atoms with Crippen LogP contribution in [0.1, 0.15) is 22.6 Å². The molecule has 188 valence electrons. The zero-order chi connectivity index (χ0) is 26.1. The molecule has 0 atom stereocenters. The van der Waals surface area contributed by atoms with Gasteiger partial charge in [-0.3, -0.25) is 0 Å². The number of ether oxygens (including phenoxy) is 2. The number of benzene rings is 3. The number of aryl methyl sites for hydroxylation is 1. The minimum atomic E-state index is -4.12. The largest absolute Gasteiger partial charge is 0.454 e. The second-order valence-electron chi connectivity index (χ2n) is 7.61. The second kappa shape index (κ2) is 9.81. The van der Waals surface area contributed by atoms with Gasteiger partial charge in [0.15, 0.2) is 17.5 Å². The van der Waals surface area contributed by atoms with E-state index in [0.717, 1.165) is 47.6 Å². The van der Waals surface area contributed by atoms with Gasteiger partial charge in [-0.15, -0.1) is 17.9 Å². The molecule has 0 radical (unpaired) electrons. The van der Waals surface area contributed by atoms with Crippen molar-refractivity contribution >= 4 is 21.6 Å². The molecule has 0 unspecified atom stereocenters. The van der Waals surface area contributed by atoms with Crippen molar-refractivity contribution in [1.29, 1.82) is 0 Å². The number of halogens is 7. The number of aromatic nitrogens is 1. The third-order valence-corrected chi connectivity index (χ3v) is 6.05. The lowest BCUT2D eigenvalue weighted by Gasteiger charge is -2.19. The highest BCUT2D eigenvalue weighted by Crippen LogP contribution is 2.38. The molecule has 0 spiro atoms. The molecular weight excluding hydrogens is 511 g/mol. The van der Waals surface area contributed by atoms with E-state index in [1.165, 1.54) is 0 Å². The first kappa shape index (κ1) is 25.5. The number of alkyl halides is 4. The van der Waals surface area contributed by atoms with Crippen LogP contribution in [0.4, 0.5) is 30.7 Å². The van der Waals surface area contributed by atoms with Gasteiger partial charge in [0.1, 0.15) is 11.5 Å². The van der Waals surface area contributed by atoms with Crippen molar-refractivity contribution in [3.05, 3.63) is 101 Å². The Morgan fingerprint density at radius 1 is 0.833 bits per heavy atom. The SMILES string of the molecule is C=CCCc1ccc2nc(C(F)(F)Oc3ccc(C(F)(F)Oc4cc(F)c(F)c(F)c4)cc3)sc2c1. The zero-order valence-corrected chi connectivity index (χ0v) is 19.0. The predicted octanol–water partition coefficient (Wildman–Crippen LogP) is 8.09. The maximum absolute atomic E-state index is 14.8. The van der Waals surface area contributed by atoms with Crippen LogP contribution < -0.4 is 9.47 Å². The number of rotatable bonds is 9. The van der Waals surface area contributed by atoms with Crippen molar-refractivity contribution in [3.63, 3.8) is 0 Å². The number of fused-ring (bicyclic) bond motifs is 1. The van der Waals surface area contributed by atoms with Crippen molar-refractivity contribution in [1.82, 2.24) is 4.98 Å². The van der Waals surface area contributed by atoms with E-state index in [0.29, 0.717) is 16.6 Å². The summed E-state index contributed by atoms with van der Waals surface area (Å²) in [4.78, 5) is 3.92. The van der Waals surface area contributed by atoms with Gasteiger partial charge in [0.2, 0.25) is 5.01 Å². The first-order valence-electron chi connectivity index (χ1n) is 10.4. The van der Waals surface area contributed by atoms with Crippen LogP contribution in [0.15, 0.2) is 67.3 Å². The molecule has 36 heavy (non-hydrogen) atoms. The van der Waals surface area contributed by atoms with Crippen LogP contribution in [-0.4, -0.2) is 4.98 Å². The number of hydrogen-bond donors (Lipinski definition) is 0. The van der Waals surface area contributed by atoms with Gasteiger partial charge in [0.05, 0.1) is 15.8 Å². The lowest BCUT2D eigenvalue weighted by Crippen LogP contribution is -2.23. The number of allylic oxidation sites excluding steroid dienone is 1. The van der Waals surface area contributed by atoms with Gasteiger partial charge in [0.25, 0.3) is 0 Å². The first-order valence-corrected chi connectivity index (χ1v) is 11.2. The van der Waals surface area contributed by atoms with Crippen LogP contribution in [0, 0.1) is 17.5 Å². The lowest BCUT2D eigenvalue weighted by molar-refractivity contribution is -0.187. The Bertz CT molecular complexity index is 1380. The van der Waals surface area contributed by atoms with Crippen LogP contribution in [0.5, 0.6) is 11.5 Å². The van der Waals surface area contributed by atoms with Gasteiger partial charge in [-0.1, -0.05) is 12.1 Å². The topological polar surface area (TPSA) is 31.4 Å². The molecule has 1 aromatic heterocycles. The average molecular weight is 527 g/mol. The number of hydrogen-bond acceptors (Lipinski definition) is 4. The van der Waals surface area contributed by atoms with Gasteiger partial charge >= 0.3 is 12.2 Å². The van der Waals surface area contributed by atoms with Crippen LogP contribution in [0.3, 0.4) is 0 Å². The Morgan fingerprint density at radius 3 is 2.11 bits per heavy atom. The van der Waals surface area contributed by atoms with E-state index in [2.05, 4.69) is 16.3 Å². The molecule has 4 aromatic rings. The predicted molar refractivity (Wildman–Crippen MR) is 120 cm³/mol. The fourth-order valence-electron chi connectivity index (χ4n) is 3.22. The summed E-state index contributed by atoms with van der Waals surface area (Å²) in [5.41, 5.74) is 0.475. The van der Waals surface area contributed by atoms with Gasteiger partial charge < -0.3 is 9.47 Å². The van der Waals surface area contributed by atoms with Crippen molar-refractivity contribution in [2.45, 2.75) is 25.1 Å². The van der Waals surface area contributed by atoms with Crippen LogP contribution >= 0.6 is 11.3 Å². The van der Waals surface area contributed by atoms with Crippen molar-refractivity contribution in [3.8, 4) is 11.5 Å². The minimum absolute atomic E-state index is 0.255. The fourth-order valence-corrected chi connectivity index (χ4v) is 4.17. The fraction of sp³-hybridized carbons (Fsp3) is 0.160. The van der Waals surface area contributed by atoms with Crippen LogP contribution in [0.25, 0.3) is 10.2 Å². The molecule has 0 aliphatic carbocycles. The zero-order valence-electron chi connectivity index (χ0n) is 18.2. The molecule has 0 aliphatic heterocycles. The molecule has 0 saturated heterocycles. The number of nitrogens with zero attached hydrogens (tertiary/aromatic N) is 1. The van der Waals surface area contributed by atoms with Gasteiger partial charge in [0, 0.05) is 12.1 Å². The average Bonchev–Trinajstić information content (AvgIpc) is 3.25. The van der Waals surface area contributed by atoms with Crippen molar-refractivity contribution in [2.75, 3.05) is 0 Å². The van der Waals surface area contributed by atoms with Crippen molar-refractivity contribution < 1.29 is 40.2 Å². The molecular formula is C25H16F7NO2S. The molecule has 0 bridgehead atoms. The summed E-state index contributed by atoms with van der Waals surface area (Å²) in [6.07, 6.45) is -4.79. The maximum Gasteiger partial charge on any atom is 0.454 e. The van der Waals surface area contributed by atoms with E-state index in [4.69, 9.17) is 4.74 Å². The standard InChI is InChI=1S/C25H16F7NO2S/c1-2-3-4-14-5-10-20-21(11-14)36-23(33-20)25(31,32)34-16-8-6-15(7-9-16)24(29,30)35-17-12-18(26)22(28)19(27)13-17/h2,5-13H,1,3-4H2. The summed E-state index contributed by atoms with van der Waals surface area (Å²) in [6, 6.07) is 8.86. The highest BCUT2D eigenvalue weighted by molar-refractivity contribution is 7.18. The Labute approximate surface area is 204 Å². The maximum atomic E-state index is 14.8. The normalized spacial score (nSPS) is 12.1. The molecule has 0 fully saturated rings. The van der Waals surface area contributed by atoms with E-state index >= 15 is 0 Å². The molecule has 3 aromatic carbocycles. The summed E-state index contributed by atoms with van der Waals surface area (Å²) >= 11 is 0.743. The first-order chi connectivity index (χ1) is 17.0. The van der Waals surface area contributed by atoms with Crippen LogP contribution in [0.2, 0.25) is 0 Å². The minimum Gasteiger partial charge on any atom is -0.429 e. The highest BCUT2D eigenvalue weighted by atomic mass is 32.1. The lowest BCUT2D eigenvalue weighted by atomic mass is 10.1. The summed E-state index contributed by atoms with van der Waals surface area (Å²) in [7, 11) is 0. The summed E-state index contributed by atoms with van der Waals surface area (Å²) in [6.45, 7) is 3.65. The van der Waals surface area contributed by atoms with E-state index in [1.807, 2.05) is 0 Å². The Balaban J connectivity index is 1.49. The van der Waals surface area contributed by atoms with E-state index in [-0.39, 0.29) is 12.1 Å². The third kappa shape index (κ3) is 5.46. The quantitative estimate of drug-likeness (QED) is 0.125. The van der Waals surface area contributed by atoms with E-state index in [9.17, 15) is 30.7 Å². The third-order valence-electron chi connectivity index (χ3n) is 4.98.